The van der Waals surface area contributed by atoms with Gasteiger partial charge in [-0.2, -0.15) is 0 Å². The van der Waals surface area contributed by atoms with E-state index in [-0.39, 0.29) is 25.8 Å². The Morgan fingerprint density at radius 2 is 1.57 bits per heavy atom. The summed E-state index contributed by atoms with van der Waals surface area (Å²) in [7, 11) is 0. The van der Waals surface area contributed by atoms with Crippen LogP contribution >= 0.6 is 0 Å². The normalized spacial score (nSPS) is 13.4. The number of hydrogen-bond donors (Lipinski definition) is 6. The van der Waals surface area contributed by atoms with Crippen LogP contribution in [0.15, 0.2) is 30.3 Å². The molecular formula is C19H27N5O6. The van der Waals surface area contributed by atoms with E-state index in [0.29, 0.717) is 0 Å². The number of carbonyl (C=O) groups excluding carboxylic acids is 4. The molecule has 164 valence electrons. The molecule has 0 aliphatic heterocycles. The van der Waals surface area contributed by atoms with Gasteiger partial charge in [0.1, 0.15) is 18.1 Å². The number of carboxylic acid groups (broad SMARTS) is 1. The van der Waals surface area contributed by atoms with E-state index in [1.54, 1.807) is 30.3 Å². The lowest BCUT2D eigenvalue weighted by atomic mass is 10.0. The number of nitrogens with two attached hydrogens (primary N) is 2. The van der Waals surface area contributed by atoms with Crippen LogP contribution in [0.4, 0.5) is 0 Å². The van der Waals surface area contributed by atoms with Crippen LogP contribution in [0, 0.1) is 0 Å². The molecule has 3 unspecified atom stereocenters. The third-order valence-corrected chi connectivity index (χ3v) is 4.16. The molecule has 0 radical (unpaired) electrons. The van der Waals surface area contributed by atoms with E-state index in [0.717, 1.165) is 5.56 Å². The van der Waals surface area contributed by atoms with Gasteiger partial charge in [-0.25, -0.2) is 0 Å². The van der Waals surface area contributed by atoms with Gasteiger partial charge in [-0.3, -0.25) is 24.0 Å². The quantitative estimate of drug-likeness (QED) is 0.225. The van der Waals surface area contributed by atoms with Crippen LogP contribution in [0.2, 0.25) is 0 Å². The maximum absolute atomic E-state index is 12.7. The average molecular weight is 421 g/mol. The molecule has 4 amide bonds. The van der Waals surface area contributed by atoms with Crippen LogP contribution in [0.25, 0.3) is 0 Å². The molecule has 11 heteroatoms. The standard InChI is InChI=1S/C19H27N5O6/c1-11(19(29)30)22-18(28)14(9-12-5-3-2-4-6-12)24-17(27)13(7-8-15(21)25)23-16(26)10-20/h2-6,11,13-14H,7-10,20H2,1H3,(H2,21,25)(H,22,28)(H,23,26)(H,24,27)(H,29,30). The molecule has 1 aromatic carbocycles. The fourth-order valence-electron chi connectivity index (χ4n) is 2.52. The van der Waals surface area contributed by atoms with Gasteiger partial charge >= 0.3 is 5.97 Å². The monoisotopic (exact) mass is 421 g/mol. The number of rotatable bonds is 12. The van der Waals surface area contributed by atoms with Crippen LogP contribution in [0.3, 0.4) is 0 Å². The summed E-state index contributed by atoms with van der Waals surface area (Å²) in [6.07, 6.45) is -0.176. The number of benzene rings is 1. The molecule has 11 nitrogen and oxygen atoms in total. The highest BCUT2D eigenvalue weighted by Crippen LogP contribution is 2.06. The molecule has 8 N–H and O–H groups in total. The third-order valence-electron chi connectivity index (χ3n) is 4.16. The molecule has 0 aromatic heterocycles. The number of carboxylic acids is 1. The van der Waals surface area contributed by atoms with Crippen LogP contribution in [-0.2, 0) is 30.4 Å². The van der Waals surface area contributed by atoms with Crippen molar-refractivity contribution in [1.82, 2.24) is 16.0 Å². The molecule has 0 saturated heterocycles. The smallest absolute Gasteiger partial charge is 0.325 e. The van der Waals surface area contributed by atoms with Gasteiger partial charge in [-0.1, -0.05) is 30.3 Å². The fraction of sp³-hybridized carbons (Fsp3) is 0.421. The molecule has 30 heavy (non-hydrogen) atoms. The number of primary amides is 1. The molecule has 0 aliphatic carbocycles. The average Bonchev–Trinajstić information content (AvgIpc) is 2.70. The molecule has 1 rings (SSSR count). The summed E-state index contributed by atoms with van der Waals surface area (Å²) in [6.45, 7) is 0.920. The Bertz CT molecular complexity index is 770. The minimum atomic E-state index is -1.23. The van der Waals surface area contributed by atoms with Gasteiger partial charge in [0.05, 0.1) is 6.54 Å². The van der Waals surface area contributed by atoms with E-state index < -0.39 is 47.7 Å². The molecule has 0 saturated carbocycles. The summed E-state index contributed by atoms with van der Waals surface area (Å²) in [6, 6.07) is 5.35. The van der Waals surface area contributed by atoms with Crippen molar-refractivity contribution in [2.45, 2.75) is 44.3 Å². The summed E-state index contributed by atoms with van der Waals surface area (Å²) in [5.41, 5.74) is 11.1. The Hall–Kier alpha value is -3.47. The molecule has 1 aromatic rings. The molecule has 0 aliphatic rings. The van der Waals surface area contributed by atoms with Crippen molar-refractivity contribution in [3.63, 3.8) is 0 Å². The van der Waals surface area contributed by atoms with Gasteiger partial charge in [-0.05, 0) is 18.9 Å². The topological polar surface area (TPSA) is 194 Å². The lowest BCUT2D eigenvalue weighted by molar-refractivity contribution is -0.141. The Morgan fingerprint density at radius 3 is 2.10 bits per heavy atom. The first-order valence-electron chi connectivity index (χ1n) is 9.29. The molecule has 0 bridgehead atoms. The van der Waals surface area contributed by atoms with Gasteiger partial charge in [0, 0.05) is 12.8 Å². The van der Waals surface area contributed by atoms with Gasteiger partial charge < -0.3 is 32.5 Å². The maximum atomic E-state index is 12.7. The summed E-state index contributed by atoms with van der Waals surface area (Å²) >= 11 is 0. The van der Waals surface area contributed by atoms with Crippen molar-refractivity contribution in [2.24, 2.45) is 11.5 Å². The Labute approximate surface area is 173 Å². The van der Waals surface area contributed by atoms with E-state index >= 15 is 0 Å². The zero-order valence-electron chi connectivity index (χ0n) is 16.6. The van der Waals surface area contributed by atoms with Crippen molar-refractivity contribution >= 4 is 29.6 Å². The van der Waals surface area contributed by atoms with Gasteiger partial charge in [-0.15, -0.1) is 0 Å². The summed E-state index contributed by atoms with van der Waals surface area (Å²) in [5, 5.41) is 16.2. The number of amides is 4. The van der Waals surface area contributed by atoms with Crippen LogP contribution < -0.4 is 27.4 Å². The predicted octanol–water partition coefficient (Wildman–Crippen LogP) is -1.99. The van der Waals surface area contributed by atoms with Gasteiger partial charge in [0.25, 0.3) is 0 Å². The highest BCUT2D eigenvalue weighted by Gasteiger charge is 2.28. The lowest BCUT2D eigenvalue weighted by Gasteiger charge is -2.24. The van der Waals surface area contributed by atoms with E-state index in [1.807, 2.05) is 0 Å². The van der Waals surface area contributed by atoms with Gasteiger partial charge in [0.15, 0.2) is 0 Å². The Morgan fingerprint density at radius 1 is 0.967 bits per heavy atom. The highest BCUT2D eigenvalue weighted by molar-refractivity contribution is 5.94. The molecule has 3 atom stereocenters. The van der Waals surface area contributed by atoms with Crippen LogP contribution in [-0.4, -0.2) is 59.4 Å². The van der Waals surface area contributed by atoms with E-state index in [9.17, 15) is 24.0 Å². The van der Waals surface area contributed by atoms with Gasteiger partial charge in [0.2, 0.25) is 23.6 Å². The summed E-state index contributed by atoms with van der Waals surface area (Å²) in [4.78, 5) is 59.1. The first-order chi connectivity index (χ1) is 14.1. The first-order valence-corrected chi connectivity index (χ1v) is 9.29. The van der Waals surface area contributed by atoms with Crippen molar-refractivity contribution in [3.8, 4) is 0 Å². The second-order valence-corrected chi connectivity index (χ2v) is 6.65. The van der Waals surface area contributed by atoms with Crippen LogP contribution in [0.5, 0.6) is 0 Å². The molecule has 0 spiro atoms. The maximum Gasteiger partial charge on any atom is 0.325 e. The minimum absolute atomic E-state index is 0.0815. The molecular weight excluding hydrogens is 394 g/mol. The number of carbonyl (C=O) groups is 5. The highest BCUT2D eigenvalue weighted by atomic mass is 16.4. The Kier molecular flexibility index (Phi) is 9.97. The zero-order chi connectivity index (χ0) is 22.7. The fourth-order valence-corrected chi connectivity index (χ4v) is 2.52. The second-order valence-electron chi connectivity index (χ2n) is 6.65. The zero-order valence-corrected chi connectivity index (χ0v) is 16.6. The SMILES string of the molecule is CC(NC(=O)C(Cc1ccccc1)NC(=O)C(CCC(N)=O)NC(=O)CN)C(=O)O. The van der Waals surface area contributed by atoms with E-state index in [1.165, 1.54) is 6.92 Å². The number of aliphatic carboxylic acids is 1. The predicted molar refractivity (Wildman–Crippen MR) is 107 cm³/mol. The lowest BCUT2D eigenvalue weighted by Crippen LogP contribution is -2.56. The Balaban J connectivity index is 3.00. The van der Waals surface area contributed by atoms with Crippen LogP contribution in [0.1, 0.15) is 25.3 Å². The second kappa shape index (κ2) is 12.2. The van der Waals surface area contributed by atoms with E-state index in [4.69, 9.17) is 16.6 Å². The number of hydrogen-bond acceptors (Lipinski definition) is 6. The number of nitrogens with one attached hydrogen (secondary N) is 3. The molecule has 0 fully saturated rings. The van der Waals surface area contributed by atoms with Crippen molar-refractivity contribution in [2.75, 3.05) is 6.54 Å². The molecule has 0 heterocycles. The largest absolute Gasteiger partial charge is 0.480 e. The minimum Gasteiger partial charge on any atom is -0.480 e. The van der Waals surface area contributed by atoms with Crippen molar-refractivity contribution in [3.05, 3.63) is 35.9 Å². The third kappa shape index (κ3) is 8.69. The van der Waals surface area contributed by atoms with E-state index in [2.05, 4.69) is 16.0 Å². The summed E-state index contributed by atoms with van der Waals surface area (Å²) < 4.78 is 0. The van der Waals surface area contributed by atoms with Crippen molar-refractivity contribution < 1.29 is 29.1 Å². The van der Waals surface area contributed by atoms with Crippen molar-refractivity contribution in [1.29, 1.82) is 0 Å². The first kappa shape index (κ1) is 24.6. The summed E-state index contributed by atoms with van der Waals surface area (Å²) in [5.74, 6) is -3.95.